The van der Waals surface area contributed by atoms with Crippen molar-refractivity contribution in [2.24, 2.45) is 5.92 Å². The number of benzene rings is 1. The number of thiazole rings is 1. The number of aromatic nitrogens is 1. The molecule has 4 rings (SSSR count). The fourth-order valence-corrected chi connectivity index (χ4v) is 6.26. The molecule has 40 heavy (non-hydrogen) atoms. The first-order valence-corrected chi connectivity index (χ1v) is 15.1. The predicted molar refractivity (Wildman–Crippen MR) is 156 cm³/mol. The summed E-state index contributed by atoms with van der Waals surface area (Å²) in [6.45, 7) is 12.6. The van der Waals surface area contributed by atoms with Gasteiger partial charge < -0.3 is 25.2 Å². The predicted octanol–water partition coefficient (Wildman–Crippen LogP) is 1.61. The van der Waals surface area contributed by atoms with Crippen LogP contribution in [0, 0.1) is 5.92 Å². The highest BCUT2D eigenvalue weighted by atomic mass is 32.1. The van der Waals surface area contributed by atoms with E-state index in [0.717, 1.165) is 47.6 Å². The molecular weight excluding hydrogens is 530 g/mol. The number of aliphatic hydroxyl groups is 1. The number of aliphatic hydroxyl groups excluding tert-OH is 1. The maximum absolute atomic E-state index is 13.6. The minimum Gasteiger partial charge on any atom is -0.381 e. The van der Waals surface area contributed by atoms with Crippen molar-refractivity contribution >= 4 is 33.4 Å². The van der Waals surface area contributed by atoms with Crippen molar-refractivity contribution in [1.82, 2.24) is 25.8 Å². The zero-order valence-corrected chi connectivity index (χ0v) is 24.4. The molecule has 1 aromatic carbocycles. The Kier molecular flexibility index (Phi) is 11.5. The summed E-state index contributed by atoms with van der Waals surface area (Å²) in [5.41, 5.74) is 2.65. The molecule has 220 valence electrons. The Balaban J connectivity index is 1.41. The lowest BCUT2D eigenvalue weighted by molar-refractivity contribution is -0.126. The van der Waals surface area contributed by atoms with E-state index >= 15 is 0 Å². The number of morpholine rings is 1. The van der Waals surface area contributed by atoms with E-state index in [4.69, 9.17) is 14.5 Å². The van der Waals surface area contributed by atoms with Gasteiger partial charge in [-0.2, -0.15) is 0 Å². The maximum atomic E-state index is 13.6. The Morgan fingerprint density at radius 1 is 1.20 bits per heavy atom. The number of nitrogens with one attached hydrogen (secondary N) is 3. The van der Waals surface area contributed by atoms with Crippen molar-refractivity contribution in [3.8, 4) is 0 Å². The number of nitrogens with zero attached hydrogens (tertiary/aromatic N) is 2. The highest BCUT2D eigenvalue weighted by molar-refractivity contribution is 7.18. The smallest absolute Gasteiger partial charge is 0.247 e. The molecule has 0 saturated carbocycles. The summed E-state index contributed by atoms with van der Waals surface area (Å²) in [6.07, 6.45) is 2.01. The van der Waals surface area contributed by atoms with Crippen molar-refractivity contribution < 1.29 is 24.2 Å². The molecule has 0 aliphatic carbocycles. The Morgan fingerprint density at radius 2 is 1.93 bits per heavy atom. The Labute approximate surface area is 240 Å². The second-order valence-electron chi connectivity index (χ2n) is 10.6. The largest absolute Gasteiger partial charge is 0.381 e. The molecule has 2 aromatic rings. The third kappa shape index (κ3) is 8.79. The van der Waals surface area contributed by atoms with Gasteiger partial charge in [-0.1, -0.05) is 19.6 Å². The molecule has 0 radical (unpaired) electrons. The standard InChI is InChI=1S/C29H43N5O5S/c1-4-21-5-6-23-26(15-21)40-27(32-23)16-24(31-20(3)35)29(37)33-25(22-7-11-38-12-8-22)17-30-28(36)19(2)18-34-9-13-39-14-10-34/h5-6,15,20,22,24-25,31,35H,2,4,7-14,16-18H2,1,3H3,(H,30,36)(H,33,37)/t20?,24-,25+/m0/s1. The topological polar surface area (TPSA) is 125 Å². The normalized spacial score (nSPS) is 19.2. The number of aryl methyl sites for hydroxylation is 1. The number of amides is 2. The van der Waals surface area contributed by atoms with E-state index in [1.165, 1.54) is 5.56 Å². The van der Waals surface area contributed by atoms with Crippen LogP contribution in [0.5, 0.6) is 0 Å². The van der Waals surface area contributed by atoms with Crippen molar-refractivity contribution in [1.29, 1.82) is 0 Å². The zero-order valence-electron chi connectivity index (χ0n) is 23.6. The van der Waals surface area contributed by atoms with Crippen LogP contribution >= 0.6 is 11.3 Å². The van der Waals surface area contributed by atoms with Crippen molar-refractivity contribution in [2.45, 2.75) is 57.8 Å². The van der Waals surface area contributed by atoms with Crippen LogP contribution < -0.4 is 16.0 Å². The van der Waals surface area contributed by atoms with Gasteiger partial charge in [-0.25, -0.2) is 4.98 Å². The van der Waals surface area contributed by atoms with Crippen LogP contribution in [-0.4, -0.2) is 97.7 Å². The summed E-state index contributed by atoms with van der Waals surface area (Å²) < 4.78 is 12.0. The summed E-state index contributed by atoms with van der Waals surface area (Å²) in [7, 11) is 0. The third-order valence-corrected chi connectivity index (χ3v) is 8.57. The quantitative estimate of drug-likeness (QED) is 0.211. The molecule has 2 aliphatic rings. The van der Waals surface area contributed by atoms with Crippen LogP contribution in [0.3, 0.4) is 0 Å². The molecule has 10 nitrogen and oxygen atoms in total. The van der Waals surface area contributed by atoms with Gasteiger partial charge in [0, 0.05) is 57.4 Å². The zero-order chi connectivity index (χ0) is 28.5. The Hall–Kier alpha value is -2.41. The van der Waals surface area contributed by atoms with Crippen LogP contribution in [0.15, 0.2) is 30.4 Å². The first-order valence-electron chi connectivity index (χ1n) is 14.3. The monoisotopic (exact) mass is 573 g/mol. The summed E-state index contributed by atoms with van der Waals surface area (Å²) in [6, 6.07) is 5.27. The maximum Gasteiger partial charge on any atom is 0.247 e. The van der Waals surface area contributed by atoms with E-state index in [2.05, 4.69) is 46.5 Å². The minimum atomic E-state index is -0.874. The first-order chi connectivity index (χ1) is 19.3. The van der Waals surface area contributed by atoms with E-state index in [9.17, 15) is 14.7 Å². The van der Waals surface area contributed by atoms with Gasteiger partial charge in [0.1, 0.15) is 6.23 Å². The number of carbonyl (C=O) groups excluding carboxylic acids is 2. The highest BCUT2D eigenvalue weighted by Gasteiger charge is 2.30. The van der Waals surface area contributed by atoms with Crippen LogP contribution in [0.2, 0.25) is 0 Å². The lowest BCUT2D eigenvalue weighted by Gasteiger charge is -2.33. The number of ether oxygens (including phenoxy) is 2. The van der Waals surface area contributed by atoms with Crippen LogP contribution in [0.1, 0.15) is 37.3 Å². The van der Waals surface area contributed by atoms with Crippen LogP contribution in [0.25, 0.3) is 10.2 Å². The summed E-state index contributed by atoms with van der Waals surface area (Å²) in [4.78, 5) is 33.4. The average molecular weight is 574 g/mol. The molecule has 3 atom stereocenters. The lowest BCUT2D eigenvalue weighted by atomic mass is 9.91. The van der Waals surface area contributed by atoms with Gasteiger partial charge in [-0.05, 0) is 49.8 Å². The fourth-order valence-electron chi connectivity index (χ4n) is 5.18. The van der Waals surface area contributed by atoms with E-state index in [1.54, 1.807) is 18.3 Å². The van der Waals surface area contributed by atoms with E-state index in [-0.39, 0.29) is 23.8 Å². The summed E-state index contributed by atoms with van der Waals surface area (Å²) in [5, 5.41) is 20.1. The molecule has 4 N–H and O–H groups in total. The first kappa shape index (κ1) is 30.5. The number of hydrogen-bond acceptors (Lipinski definition) is 9. The van der Waals surface area contributed by atoms with Crippen LogP contribution in [-0.2, 0) is 31.9 Å². The summed E-state index contributed by atoms with van der Waals surface area (Å²) in [5.74, 6) is -0.280. The average Bonchev–Trinajstić information content (AvgIpc) is 3.36. The van der Waals surface area contributed by atoms with E-state index in [0.29, 0.717) is 51.5 Å². The van der Waals surface area contributed by atoms with Gasteiger partial charge >= 0.3 is 0 Å². The van der Waals surface area contributed by atoms with Crippen LogP contribution in [0.4, 0.5) is 0 Å². The van der Waals surface area contributed by atoms with E-state index in [1.807, 2.05) is 6.07 Å². The Bertz CT molecular complexity index is 1140. The lowest BCUT2D eigenvalue weighted by Crippen LogP contribution is -2.56. The number of hydrogen-bond donors (Lipinski definition) is 4. The van der Waals surface area contributed by atoms with Crippen molar-refractivity contribution in [2.75, 3.05) is 52.6 Å². The molecule has 1 aromatic heterocycles. The van der Waals surface area contributed by atoms with Gasteiger partial charge in [0.05, 0.1) is 34.5 Å². The molecule has 2 aliphatic heterocycles. The molecular formula is C29H43N5O5S. The van der Waals surface area contributed by atoms with E-state index < -0.39 is 12.3 Å². The van der Waals surface area contributed by atoms with Gasteiger partial charge in [0.25, 0.3) is 0 Å². The van der Waals surface area contributed by atoms with Gasteiger partial charge in [0.2, 0.25) is 11.8 Å². The Morgan fingerprint density at radius 3 is 2.62 bits per heavy atom. The second kappa shape index (κ2) is 15.0. The highest BCUT2D eigenvalue weighted by Crippen LogP contribution is 2.25. The molecule has 2 fully saturated rings. The van der Waals surface area contributed by atoms with Gasteiger partial charge in [-0.3, -0.25) is 19.8 Å². The number of rotatable bonds is 13. The summed E-state index contributed by atoms with van der Waals surface area (Å²) >= 11 is 1.57. The third-order valence-electron chi connectivity index (χ3n) is 7.53. The molecule has 11 heteroatoms. The molecule has 2 saturated heterocycles. The van der Waals surface area contributed by atoms with Gasteiger partial charge in [0.15, 0.2) is 0 Å². The number of fused-ring (bicyclic) bond motifs is 1. The molecule has 3 heterocycles. The molecule has 1 unspecified atom stereocenters. The minimum absolute atomic E-state index is 0.160. The van der Waals surface area contributed by atoms with Gasteiger partial charge in [-0.15, -0.1) is 11.3 Å². The van der Waals surface area contributed by atoms with Crippen molar-refractivity contribution in [3.63, 3.8) is 0 Å². The molecule has 0 spiro atoms. The SMILES string of the molecule is C=C(CN1CCOCC1)C(=O)NC[C@@H](NC(=O)[C@H](Cc1nc2ccc(CC)cc2s1)NC(C)O)C1CCOCC1. The molecule has 0 bridgehead atoms. The second-order valence-corrected chi connectivity index (χ2v) is 11.7. The number of carbonyl (C=O) groups is 2. The molecule has 2 amide bonds. The van der Waals surface area contributed by atoms with Crippen molar-refractivity contribution in [3.05, 3.63) is 40.9 Å². The fraction of sp³-hybridized carbons (Fsp3) is 0.621.